The smallest absolute Gasteiger partial charge is 0.418 e. The quantitative estimate of drug-likeness (QED) is 0.736. The first-order valence-electron chi connectivity index (χ1n) is 6.08. The molecular formula is C15H9F3N2O. The molecule has 0 atom stereocenters. The molecule has 0 spiro atoms. The number of phenols is 1. The number of rotatable bonds is 1. The van der Waals surface area contributed by atoms with Crippen LogP contribution in [0.3, 0.4) is 0 Å². The molecule has 3 nitrogen and oxygen atoms in total. The lowest BCUT2D eigenvalue weighted by Gasteiger charge is -2.12. The molecule has 1 aromatic heterocycles. The van der Waals surface area contributed by atoms with Gasteiger partial charge in [-0.25, -0.2) is 9.97 Å². The molecule has 0 amide bonds. The maximum atomic E-state index is 13.0. The molecule has 106 valence electrons. The largest absolute Gasteiger partial charge is 0.507 e. The molecule has 0 aliphatic heterocycles. The Morgan fingerprint density at radius 3 is 2.38 bits per heavy atom. The Morgan fingerprint density at radius 2 is 1.67 bits per heavy atom. The van der Waals surface area contributed by atoms with Crippen molar-refractivity contribution in [1.82, 2.24) is 9.97 Å². The van der Waals surface area contributed by atoms with Crippen LogP contribution in [0, 0.1) is 0 Å². The molecule has 6 heteroatoms. The molecule has 0 fully saturated rings. The topological polar surface area (TPSA) is 46.0 Å². The molecule has 0 saturated carbocycles. The predicted octanol–water partition coefficient (Wildman–Crippen LogP) is 4.02. The van der Waals surface area contributed by atoms with Gasteiger partial charge >= 0.3 is 6.18 Å². The summed E-state index contributed by atoms with van der Waals surface area (Å²) in [5.74, 6) is -0.0464. The minimum atomic E-state index is -4.50. The molecule has 0 unspecified atom stereocenters. The molecular weight excluding hydrogens is 281 g/mol. The second kappa shape index (κ2) is 4.73. The summed E-state index contributed by atoms with van der Waals surface area (Å²) in [5, 5.41) is 10.1. The number of halogens is 3. The highest BCUT2D eigenvalue weighted by Crippen LogP contribution is 2.37. The van der Waals surface area contributed by atoms with Gasteiger partial charge in [0.05, 0.1) is 16.8 Å². The third kappa shape index (κ3) is 2.29. The molecule has 0 bridgehead atoms. The van der Waals surface area contributed by atoms with Crippen LogP contribution in [0.15, 0.2) is 48.8 Å². The monoisotopic (exact) mass is 290 g/mol. The van der Waals surface area contributed by atoms with Crippen LogP contribution in [0.2, 0.25) is 0 Å². The van der Waals surface area contributed by atoms with E-state index >= 15 is 0 Å². The summed E-state index contributed by atoms with van der Waals surface area (Å²) < 4.78 is 39.1. The SMILES string of the molecule is Oc1ccccc1-c1ncnc2c(C(F)(F)F)cccc12. The van der Waals surface area contributed by atoms with Gasteiger partial charge in [0.2, 0.25) is 0 Å². The van der Waals surface area contributed by atoms with Crippen molar-refractivity contribution >= 4 is 10.9 Å². The second-order valence-corrected chi connectivity index (χ2v) is 4.44. The number of aromatic hydroxyl groups is 1. The third-order valence-corrected chi connectivity index (χ3v) is 3.13. The van der Waals surface area contributed by atoms with Gasteiger partial charge in [-0.1, -0.05) is 24.3 Å². The number of para-hydroxylation sites is 2. The minimum Gasteiger partial charge on any atom is -0.507 e. The first kappa shape index (κ1) is 13.4. The van der Waals surface area contributed by atoms with Crippen molar-refractivity contribution in [1.29, 1.82) is 0 Å². The van der Waals surface area contributed by atoms with E-state index in [1.165, 1.54) is 18.2 Å². The highest BCUT2D eigenvalue weighted by Gasteiger charge is 2.33. The highest BCUT2D eigenvalue weighted by molar-refractivity contribution is 5.95. The fourth-order valence-corrected chi connectivity index (χ4v) is 2.20. The lowest BCUT2D eigenvalue weighted by molar-refractivity contribution is -0.136. The maximum Gasteiger partial charge on any atom is 0.418 e. The summed E-state index contributed by atoms with van der Waals surface area (Å²) in [6, 6.07) is 10.1. The van der Waals surface area contributed by atoms with Crippen molar-refractivity contribution in [2.45, 2.75) is 6.18 Å². The molecule has 3 rings (SSSR count). The lowest BCUT2D eigenvalue weighted by Crippen LogP contribution is -2.07. The molecule has 0 aliphatic rings. The number of fused-ring (bicyclic) bond motifs is 1. The fraction of sp³-hybridized carbons (Fsp3) is 0.0667. The predicted molar refractivity (Wildman–Crippen MR) is 71.6 cm³/mol. The Bertz CT molecular complexity index is 815. The van der Waals surface area contributed by atoms with Gasteiger partial charge in [-0.05, 0) is 18.2 Å². The van der Waals surface area contributed by atoms with E-state index in [0.29, 0.717) is 5.56 Å². The van der Waals surface area contributed by atoms with E-state index in [1.54, 1.807) is 18.2 Å². The van der Waals surface area contributed by atoms with Crippen LogP contribution in [-0.2, 0) is 6.18 Å². The standard InChI is InChI=1S/C15H9F3N2O/c16-15(17,18)11-6-3-5-10-13(19-8-20-14(10)11)9-4-1-2-7-12(9)21/h1-8,21H. The summed E-state index contributed by atoms with van der Waals surface area (Å²) in [6.07, 6.45) is -3.43. The molecule has 0 aliphatic carbocycles. The van der Waals surface area contributed by atoms with E-state index in [4.69, 9.17) is 0 Å². The average molecular weight is 290 g/mol. The fourth-order valence-electron chi connectivity index (χ4n) is 2.20. The van der Waals surface area contributed by atoms with Crippen molar-refractivity contribution in [2.75, 3.05) is 0 Å². The van der Waals surface area contributed by atoms with Crippen LogP contribution in [0.5, 0.6) is 5.75 Å². The van der Waals surface area contributed by atoms with Crippen molar-refractivity contribution in [3.8, 4) is 17.0 Å². The summed E-state index contributed by atoms with van der Waals surface area (Å²) in [6.45, 7) is 0. The Balaban J connectivity index is 2.35. The van der Waals surface area contributed by atoms with Crippen LogP contribution >= 0.6 is 0 Å². The maximum absolute atomic E-state index is 13.0. The molecule has 0 saturated heterocycles. The van der Waals surface area contributed by atoms with Crippen LogP contribution in [-0.4, -0.2) is 15.1 Å². The molecule has 1 N–H and O–H groups in total. The number of alkyl halides is 3. The van der Waals surface area contributed by atoms with E-state index in [2.05, 4.69) is 9.97 Å². The first-order valence-corrected chi connectivity index (χ1v) is 6.08. The molecule has 2 aromatic carbocycles. The zero-order valence-electron chi connectivity index (χ0n) is 10.6. The summed E-state index contributed by atoms with van der Waals surface area (Å²) in [7, 11) is 0. The van der Waals surface area contributed by atoms with E-state index < -0.39 is 11.7 Å². The van der Waals surface area contributed by atoms with Crippen LogP contribution in [0.4, 0.5) is 13.2 Å². The van der Waals surface area contributed by atoms with E-state index in [1.807, 2.05) is 0 Å². The van der Waals surface area contributed by atoms with Gasteiger partial charge in [0.1, 0.15) is 12.1 Å². The van der Waals surface area contributed by atoms with Gasteiger partial charge in [0.25, 0.3) is 0 Å². The summed E-state index contributed by atoms with van der Waals surface area (Å²) >= 11 is 0. The Kier molecular flexibility index (Phi) is 3.01. The lowest BCUT2D eigenvalue weighted by atomic mass is 10.0. The number of benzene rings is 2. The Hall–Kier alpha value is -2.63. The van der Waals surface area contributed by atoms with Crippen LogP contribution < -0.4 is 0 Å². The van der Waals surface area contributed by atoms with E-state index in [0.717, 1.165) is 12.4 Å². The average Bonchev–Trinajstić information content (AvgIpc) is 2.46. The number of hydrogen-bond donors (Lipinski definition) is 1. The number of aromatic nitrogens is 2. The van der Waals surface area contributed by atoms with Gasteiger partial charge in [0.15, 0.2) is 0 Å². The number of hydrogen-bond acceptors (Lipinski definition) is 3. The molecule has 0 radical (unpaired) electrons. The summed E-state index contributed by atoms with van der Waals surface area (Å²) in [5.41, 5.74) is -0.370. The second-order valence-electron chi connectivity index (χ2n) is 4.44. The first-order chi connectivity index (χ1) is 9.98. The highest BCUT2D eigenvalue weighted by atomic mass is 19.4. The zero-order chi connectivity index (χ0) is 15.0. The third-order valence-electron chi connectivity index (χ3n) is 3.13. The van der Waals surface area contributed by atoms with E-state index in [-0.39, 0.29) is 22.3 Å². The van der Waals surface area contributed by atoms with E-state index in [9.17, 15) is 18.3 Å². The molecule has 3 aromatic rings. The zero-order valence-corrected chi connectivity index (χ0v) is 10.6. The van der Waals surface area contributed by atoms with Crippen molar-refractivity contribution in [3.63, 3.8) is 0 Å². The molecule has 21 heavy (non-hydrogen) atoms. The minimum absolute atomic E-state index is 0.0464. The molecule has 1 heterocycles. The van der Waals surface area contributed by atoms with Gasteiger partial charge < -0.3 is 5.11 Å². The van der Waals surface area contributed by atoms with Crippen LogP contribution in [0.25, 0.3) is 22.2 Å². The van der Waals surface area contributed by atoms with Gasteiger partial charge in [0, 0.05) is 10.9 Å². The van der Waals surface area contributed by atoms with Gasteiger partial charge in [-0.2, -0.15) is 13.2 Å². The summed E-state index contributed by atoms with van der Waals surface area (Å²) in [4.78, 5) is 7.77. The Labute approximate surface area is 117 Å². The van der Waals surface area contributed by atoms with Gasteiger partial charge in [-0.3, -0.25) is 0 Å². The van der Waals surface area contributed by atoms with Crippen molar-refractivity contribution in [2.24, 2.45) is 0 Å². The normalized spacial score (nSPS) is 11.8. The van der Waals surface area contributed by atoms with Crippen molar-refractivity contribution in [3.05, 3.63) is 54.4 Å². The van der Waals surface area contributed by atoms with Crippen molar-refractivity contribution < 1.29 is 18.3 Å². The van der Waals surface area contributed by atoms with Gasteiger partial charge in [-0.15, -0.1) is 0 Å². The Morgan fingerprint density at radius 1 is 0.905 bits per heavy atom. The van der Waals surface area contributed by atoms with Crippen LogP contribution in [0.1, 0.15) is 5.56 Å². The number of nitrogens with zero attached hydrogens (tertiary/aromatic N) is 2. The number of phenolic OH excluding ortho intramolecular Hbond substituents is 1.